The number of hydrogen-bond donors (Lipinski definition) is 1. The standard InChI is InChI=1S/C41H41Cl2N5O4/c1-23-18-30(19-24(2)37(23)43)52-17-8-10-31-32-12-13-33(42)36(35-25(3)44-46(6)26(35)4)38(32)48-16-9-15-47(40(49)39(31)48)29-21-27(20-28(22-29)41(50)51)34-11-7-14-45(34)5/h7,11-14,18-22H,8-10,15-17H2,1-6H3,(H,50,51). The number of carboxylic acid groups (broad SMARTS) is 1. The average molecular weight is 739 g/mol. The predicted octanol–water partition coefficient (Wildman–Crippen LogP) is 9.35. The molecule has 4 heterocycles. The Morgan fingerprint density at radius 3 is 2.37 bits per heavy atom. The lowest BCUT2D eigenvalue weighted by Gasteiger charge is -2.23. The summed E-state index contributed by atoms with van der Waals surface area (Å²) in [5, 5.41) is 17.1. The van der Waals surface area contributed by atoms with E-state index < -0.39 is 5.97 Å². The van der Waals surface area contributed by atoms with E-state index in [1.54, 1.807) is 17.0 Å². The lowest BCUT2D eigenvalue weighted by Crippen LogP contribution is -2.32. The van der Waals surface area contributed by atoms with Crippen molar-refractivity contribution in [3.63, 3.8) is 0 Å². The molecule has 0 bridgehead atoms. The van der Waals surface area contributed by atoms with E-state index in [2.05, 4.69) is 4.57 Å². The summed E-state index contributed by atoms with van der Waals surface area (Å²) in [5.41, 5.74) is 10.2. The molecule has 0 fully saturated rings. The number of carbonyl (C=O) groups is 2. The van der Waals surface area contributed by atoms with Crippen LogP contribution in [0, 0.1) is 27.7 Å². The molecule has 268 valence electrons. The van der Waals surface area contributed by atoms with Crippen molar-refractivity contribution >= 4 is 51.7 Å². The number of aryl methyl sites for hydroxylation is 7. The highest BCUT2D eigenvalue weighted by Gasteiger charge is 2.33. The molecule has 0 aliphatic carbocycles. The molecule has 6 aromatic rings. The summed E-state index contributed by atoms with van der Waals surface area (Å²) in [7, 11) is 3.83. The molecule has 0 saturated heterocycles. The minimum Gasteiger partial charge on any atom is -0.494 e. The van der Waals surface area contributed by atoms with Gasteiger partial charge in [-0.05, 0) is 112 Å². The first-order valence-electron chi connectivity index (χ1n) is 17.4. The van der Waals surface area contributed by atoms with Crippen LogP contribution in [0.2, 0.25) is 10.0 Å². The van der Waals surface area contributed by atoms with Crippen molar-refractivity contribution in [3.05, 3.63) is 110 Å². The van der Waals surface area contributed by atoms with Gasteiger partial charge in [-0.15, -0.1) is 0 Å². The Morgan fingerprint density at radius 1 is 0.962 bits per heavy atom. The van der Waals surface area contributed by atoms with E-state index in [0.717, 1.165) is 72.1 Å². The third-order valence-electron chi connectivity index (χ3n) is 10.2. The van der Waals surface area contributed by atoms with E-state index in [1.807, 2.05) is 99.7 Å². The molecule has 3 aromatic carbocycles. The van der Waals surface area contributed by atoms with E-state index in [0.29, 0.717) is 55.4 Å². The average Bonchev–Trinajstić information content (AvgIpc) is 3.71. The Balaban J connectivity index is 1.36. The summed E-state index contributed by atoms with van der Waals surface area (Å²) in [6, 6.07) is 16.8. The number of halogens is 2. The first-order chi connectivity index (χ1) is 24.8. The van der Waals surface area contributed by atoms with E-state index in [1.165, 1.54) is 0 Å². The van der Waals surface area contributed by atoms with Crippen LogP contribution in [0.4, 0.5) is 5.69 Å². The Bertz CT molecular complexity index is 2380. The summed E-state index contributed by atoms with van der Waals surface area (Å²) < 4.78 is 12.1. The Kier molecular flexibility index (Phi) is 9.44. The van der Waals surface area contributed by atoms with Crippen molar-refractivity contribution in [1.29, 1.82) is 0 Å². The van der Waals surface area contributed by atoms with Crippen molar-refractivity contribution in [2.45, 2.75) is 53.5 Å². The normalized spacial score (nSPS) is 13.2. The van der Waals surface area contributed by atoms with E-state index in [-0.39, 0.29) is 11.5 Å². The lowest BCUT2D eigenvalue weighted by atomic mass is 9.98. The Labute approximate surface area is 312 Å². The number of aromatic carboxylic acids is 1. The number of carbonyl (C=O) groups excluding carboxylic acids is 1. The highest BCUT2D eigenvalue weighted by Crippen LogP contribution is 2.43. The zero-order valence-electron chi connectivity index (χ0n) is 30.2. The second kappa shape index (κ2) is 13.9. The largest absolute Gasteiger partial charge is 0.494 e. The fourth-order valence-corrected chi connectivity index (χ4v) is 8.03. The number of amides is 1. The number of ether oxygens (including phenoxy) is 1. The molecule has 9 nitrogen and oxygen atoms in total. The monoisotopic (exact) mass is 737 g/mol. The number of anilines is 1. The van der Waals surface area contributed by atoms with Gasteiger partial charge in [-0.3, -0.25) is 9.48 Å². The first-order valence-corrected chi connectivity index (χ1v) is 18.2. The van der Waals surface area contributed by atoms with Gasteiger partial charge in [0, 0.05) is 77.6 Å². The summed E-state index contributed by atoms with van der Waals surface area (Å²) in [6.07, 6.45) is 3.78. The third-order valence-corrected chi connectivity index (χ3v) is 11.1. The minimum atomic E-state index is -1.05. The van der Waals surface area contributed by atoms with Gasteiger partial charge in [0.2, 0.25) is 0 Å². The highest BCUT2D eigenvalue weighted by molar-refractivity contribution is 6.35. The molecular weight excluding hydrogens is 697 g/mol. The highest BCUT2D eigenvalue weighted by atomic mass is 35.5. The number of nitrogens with zero attached hydrogens (tertiary/aromatic N) is 5. The van der Waals surface area contributed by atoms with Crippen LogP contribution in [0.25, 0.3) is 33.3 Å². The second-order valence-electron chi connectivity index (χ2n) is 13.7. The van der Waals surface area contributed by atoms with Gasteiger partial charge in [0.1, 0.15) is 11.4 Å². The van der Waals surface area contributed by atoms with Crippen LogP contribution in [0.5, 0.6) is 5.75 Å². The van der Waals surface area contributed by atoms with Crippen molar-refractivity contribution in [2.24, 2.45) is 14.1 Å². The zero-order valence-corrected chi connectivity index (χ0v) is 31.7. The molecule has 0 unspecified atom stereocenters. The fraction of sp³-hybridized carbons (Fsp3) is 0.293. The van der Waals surface area contributed by atoms with Crippen LogP contribution >= 0.6 is 23.2 Å². The summed E-state index contributed by atoms with van der Waals surface area (Å²) in [6.45, 7) is 9.36. The Morgan fingerprint density at radius 2 is 1.71 bits per heavy atom. The van der Waals surface area contributed by atoms with E-state index in [4.69, 9.17) is 33.0 Å². The SMILES string of the molecule is Cc1cc(OCCCc2c3n(c4c(-c5c(C)nn(C)c5C)c(Cl)ccc24)CCCN(c2cc(C(=O)O)cc(-c4cccn4C)c2)C3=O)cc(C)c1Cl. The number of rotatable bonds is 9. The van der Waals surface area contributed by atoms with Gasteiger partial charge in [0.15, 0.2) is 0 Å². The fourth-order valence-electron chi connectivity index (χ4n) is 7.68. The molecule has 1 N–H and O–H groups in total. The lowest BCUT2D eigenvalue weighted by molar-refractivity contribution is 0.0696. The van der Waals surface area contributed by atoms with Gasteiger partial charge in [0.05, 0.1) is 28.4 Å². The van der Waals surface area contributed by atoms with Crippen molar-refractivity contribution in [2.75, 3.05) is 18.1 Å². The van der Waals surface area contributed by atoms with Crippen LogP contribution < -0.4 is 9.64 Å². The molecule has 1 aliphatic rings. The van der Waals surface area contributed by atoms with Crippen molar-refractivity contribution < 1.29 is 19.4 Å². The zero-order chi connectivity index (χ0) is 37.0. The molecule has 0 saturated carbocycles. The van der Waals surface area contributed by atoms with Crippen molar-refractivity contribution in [3.8, 4) is 28.1 Å². The predicted molar refractivity (Wildman–Crippen MR) is 207 cm³/mol. The van der Waals surface area contributed by atoms with Crippen LogP contribution in [-0.4, -0.2) is 49.0 Å². The van der Waals surface area contributed by atoms with Gasteiger partial charge < -0.3 is 23.9 Å². The maximum Gasteiger partial charge on any atom is 0.335 e. The molecule has 1 aliphatic heterocycles. The molecule has 0 spiro atoms. The third kappa shape index (κ3) is 6.16. The topological polar surface area (TPSA) is 94.5 Å². The summed E-state index contributed by atoms with van der Waals surface area (Å²) in [4.78, 5) is 29.2. The number of hydrogen-bond acceptors (Lipinski definition) is 4. The van der Waals surface area contributed by atoms with E-state index in [9.17, 15) is 9.90 Å². The molecule has 0 radical (unpaired) electrons. The molecular formula is C41H41Cl2N5O4. The number of carboxylic acids is 1. The van der Waals surface area contributed by atoms with Crippen LogP contribution in [0.3, 0.4) is 0 Å². The number of fused-ring (bicyclic) bond motifs is 3. The van der Waals surface area contributed by atoms with Crippen LogP contribution in [0.15, 0.2) is 60.8 Å². The number of aromatic nitrogens is 4. The van der Waals surface area contributed by atoms with Crippen molar-refractivity contribution in [1.82, 2.24) is 18.9 Å². The molecule has 1 amide bonds. The molecule has 7 rings (SSSR count). The molecule has 0 atom stereocenters. The molecule has 11 heteroatoms. The van der Waals surface area contributed by atoms with Gasteiger partial charge in [0.25, 0.3) is 5.91 Å². The smallest absolute Gasteiger partial charge is 0.335 e. The number of benzene rings is 3. The molecule has 52 heavy (non-hydrogen) atoms. The second-order valence-corrected chi connectivity index (χ2v) is 14.5. The summed E-state index contributed by atoms with van der Waals surface area (Å²) in [5.74, 6) is -0.483. The minimum absolute atomic E-state index is 0.118. The van der Waals surface area contributed by atoms with Gasteiger partial charge >= 0.3 is 5.97 Å². The van der Waals surface area contributed by atoms with E-state index >= 15 is 4.79 Å². The quantitative estimate of drug-likeness (QED) is 0.149. The first kappa shape index (κ1) is 35.4. The van der Waals surface area contributed by atoms with Crippen LogP contribution in [0.1, 0.15) is 61.8 Å². The van der Waals surface area contributed by atoms with Gasteiger partial charge in [-0.1, -0.05) is 29.3 Å². The molecule has 3 aromatic heterocycles. The maximum absolute atomic E-state index is 15.1. The summed E-state index contributed by atoms with van der Waals surface area (Å²) >= 11 is 13.5. The maximum atomic E-state index is 15.1. The van der Waals surface area contributed by atoms with Crippen LogP contribution in [-0.2, 0) is 27.1 Å². The van der Waals surface area contributed by atoms with Gasteiger partial charge in [-0.25, -0.2) is 4.79 Å². The van der Waals surface area contributed by atoms with Gasteiger partial charge in [-0.2, -0.15) is 5.10 Å². The Hall–Kier alpha value is -4.99.